The Labute approximate surface area is 208 Å². The summed E-state index contributed by atoms with van der Waals surface area (Å²) >= 11 is 0. The number of hydrogen-bond donors (Lipinski definition) is 1. The van der Waals surface area contributed by atoms with Gasteiger partial charge in [-0.3, -0.25) is 4.79 Å². The van der Waals surface area contributed by atoms with Crippen LogP contribution in [0.1, 0.15) is 119 Å². The van der Waals surface area contributed by atoms with E-state index in [2.05, 4.69) is 41.5 Å². The quantitative estimate of drug-likeness (QED) is 0.336. The summed E-state index contributed by atoms with van der Waals surface area (Å²) in [5, 5.41) is 10.9. The lowest BCUT2D eigenvalue weighted by Gasteiger charge is -2.67. The van der Waals surface area contributed by atoms with Crippen molar-refractivity contribution in [3.8, 4) is 0 Å². The average molecular weight is 471 g/mol. The third-order valence-electron chi connectivity index (χ3n) is 12.4. The summed E-state index contributed by atoms with van der Waals surface area (Å²) in [7, 11) is 0. The molecule has 0 heterocycles. The molecule has 0 unspecified atom stereocenters. The van der Waals surface area contributed by atoms with Crippen LogP contribution < -0.4 is 0 Å². The fourth-order valence-electron chi connectivity index (χ4n) is 10.5. The highest BCUT2D eigenvalue weighted by Gasteiger charge is 2.64. The van der Waals surface area contributed by atoms with Gasteiger partial charge in [0, 0.05) is 0 Å². The zero-order chi connectivity index (χ0) is 24.7. The Kier molecular flexibility index (Phi) is 5.72. The van der Waals surface area contributed by atoms with Crippen molar-refractivity contribution in [2.45, 2.75) is 125 Å². The van der Waals surface area contributed by atoms with Crippen molar-refractivity contribution >= 4 is 5.97 Å². The molecule has 3 saturated carbocycles. The lowest BCUT2D eigenvalue weighted by molar-refractivity contribution is -0.173. The number of aliphatic hydroxyl groups is 1. The maximum atomic E-state index is 13.5. The van der Waals surface area contributed by atoms with E-state index in [4.69, 9.17) is 4.74 Å². The molecule has 0 aliphatic heterocycles. The molecule has 0 radical (unpaired) electrons. The van der Waals surface area contributed by atoms with E-state index in [0.29, 0.717) is 35.2 Å². The molecular formula is C31H50O3. The van der Waals surface area contributed by atoms with Gasteiger partial charge in [0.1, 0.15) is 0 Å². The summed E-state index contributed by atoms with van der Waals surface area (Å²) in [4.78, 5) is 13.5. The van der Waals surface area contributed by atoms with Crippen LogP contribution in [0.5, 0.6) is 0 Å². The smallest absolute Gasteiger partial charge is 0.312 e. The number of allylic oxidation sites excluding steroid dienone is 2. The van der Waals surface area contributed by atoms with Gasteiger partial charge < -0.3 is 9.84 Å². The molecule has 5 aliphatic rings. The lowest BCUT2D eigenvalue weighted by Crippen LogP contribution is -2.60. The minimum absolute atomic E-state index is 0.00200. The average Bonchev–Trinajstić information content (AvgIpc) is 2.76. The molecule has 7 atom stereocenters. The molecule has 34 heavy (non-hydrogen) atoms. The molecule has 0 spiro atoms. The highest BCUT2D eigenvalue weighted by atomic mass is 16.5. The van der Waals surface area contributed by atoms with Crippen LogP contribution in [0.25, 0.3) is 0 Å². The largest absolute Gasteiger partial charge is 0.466 e. The molecule has 0 bridgehead atoms. The number of hydrogen-bond acceptors (Lipinski definition) is 3. The van der Waals surface area contributed by atoms with Crippen molar-refractivity contribution in [3.63, 3.8) is 0 Å². The Morgan fingerprint density at radius 1 is 0.912 bits per heavy atom. The maximum absolute atomic E-state index is 13.5. The van der Waals surface area contributed by atoms with Gasteiger partial charge in [0.2, 0.25) is 0 Å². The van der Waals surface area contributed by atoms with Crippen LogP contribution in [0.4, 0.5) is 0 Å². The van der Waals surface area contributed by atoms with Crippen molar-refractivity contribution in [1.29, 1.82) is 0 Å². The Bertz CT molecular complexity index is 883. The zero-order valence-electron chi connectivity index (χ0n) is 23.1. The van der Waals surface area contributed by atoms with E-state index in [9.17, 15) is 9.90 Å². The Balaban J connectivity index is 1.56. The van der Waals surface area contributed by atoms with Gasteiger partial charge >= 0.3 is 5.97 Å². The van der Waals surface area contributed by atoms with Crippen LogP contribution in [0, 0.1) is 44.8 Å². The van der Waals surface area contributed by atoms with E-state index >= 15 is 0 Å². The van der Waals surface area contributed by atoms with Gasteiger partial charge in [-0.25, -0.2) is 0 Å². The molecule has 0 amide bonds. The molecule has 0 saturated heterocycles. The molecule has 0 aromatic carbocycles. The number of carbonyl (C=O) groups is 1. The van der Waals surface area contributed by atoms with Crippen LogP contribution in [-0.4, -0.2) is 23.8 Å². The number of esters is 1. The third kappa shape index (κ3) is 3.27. The second kappa shape index (κ2) is 7.83. The summed E-state index contributed by atoms with van der Waals surface area (Å²) in [5.41, 5.74) is 3.97. The SMILES string of the molecule is CCOC(=O)[C@@]12CCC3=C(CC[C@@H]4[C@@]5(C)CC[C@H](O)C(C)(C)[C@@H]5CC[C@@]34C)[C@@H]1CC(C)(C)CC2. The molecule has 5 rings (SSSR count). The van der Waals surface area contributed by atoms with Gasteiger partial charge in [-0.15, -0.1) is 0 Å². The first kappa shape index (κ1) is 24.8. The van der Waals surface area contributed by atoms with Crippen LogP contribution in [0.3, 0.4) is 0 Å². The zero-order valence-corrected chi connectivity index (χ0v) is 23.1. The molecular weight excluding hydrogens is 420 g/mol. The van der Waals surface area contributed by atoms with Crippen molar-refractivity contribution < 1.29 is 14.6 Å². The van der Waals surface area contributed by atoms with Crippen LogP contribution >= 0.6 is 0 Å². The standard InChI is InChI=1S/C31H50O3/c1-8-34-26(33)31-16-11-21-20(22(31)19-27(2,3)17-18-31)9-10-24-29(21,6)14-12-23-28(4,5)25(32)13-15-30(23,24)7/h22-25,32H,8-19H2,1-7H3/t22-,23-,24-,25-,29-,30-,31+/m0/s1. The topological polar surface area (TPSA) is 46.5 Å². The fraction of sp³-hybridized carbons (Fsp3) is 0.903. The van der Waals surface area contributed by atoms with Crippen molar-refractivity contribution in [3.05, 3.63) is 11.1 Å². The molecule has 0 aromatic rings. The van der Waals surface area contributed by atoms with Crippen LogP contribution in [0.15, 0.2) is 11.1 Å². The van der Waals surface area contributed by atoms with E-state index in [1.165, 1.54) is 25.7 Å². The second-order valence-electron chi connectivity index (χ2n) is 14.8. The lowest BCUT2D eigenvalue weighted by atomic mass is 9.38. The second-order valence-corrected chi connectivity index (χ2v) is 14.8. The number of ether oxygens (including phenoxy) is 1. The Hall–Kier alpha value is -0.830. The highest BCUT2D eigenvalue weighted by molar-refractivity contribution is 5.78. The van der Waals surface area contributed by atoms with Gasteiger partial charge in [0.25, 0.3) is 0 Å². The maximum Gasteiger partial charge on any atom is 0.312 e. The Morgan fingerprint density at radius 3 is 2.35 bits per heavy atom. The first-order valence-corrected chi connectivity index (χ1v) is 14.4. The molecule has 5 aliphatic carbocycles. The summed E-state index contributed by atoms with van der Waals surface area (Å²) in [6.45, 7) is 17.1. The van der Waals surface area contributed by atoms with E-state index in [-0.39, 0.29) is 28.3 Å². The number of carbonyl (C=O) groups excluding carboxylic acids is 1. The van der Waals surface area contributed by atoms with Crippen molar-refractivity contribution in [2.24, 2.45) is 44.8 Å². The van der Waals surface area contributed by atoms with Gasteiger partial charge in [0.15, 0.2) is 0 Å². The molecule has 3 heteroatoms. The minimum atomic E-state index is -0.286. The fourth-order valence-corrected chi connectivity index (χ4v) is 10.5. The number of aliphatic hydroxyl groups excluding tert-OH is 1. The van der Waals surface area contributed by atoms with Gasteiger partial charge in [-0.05, 0) is 117 Å². The monoisotopic (exact) mass is 470 g/mol. The first-order chi connectivity index (χ1) is 15.8. The van der Waals surface area contributed by atoms with E-state index in [0.717, 1.165) is 44.9 Å². The van der Waals surface area contributed by atoms with Crippen molar-refractivity contribution in [1.82, 2.24) is 0 Å². The predicted octanol–water partition coefficient (Wildman–Crippen LogP) is 7.47. The highest BCUT2D eigenvalue weighted by Crippen LogP contribution is 2.71. The molecule has 192 valence electrons. The van der Waals surface area contributed by atoms with Crippen molar-refractivity contribution in [2.75, 3.05) is 6.61 Å². The summed E-state index contributed by atoms with van der Waals surface area (Å²) in [6, 6.07) is 0. The van der Waals surface area contributed by atoms with E-state index in [1.54, 1.807) is 11.1 Å². The van der Waals surface area contributed by atoms with Crippen LogP contribution in [0.2, 0.25) is 0 Å². The van der Waals surface area contributed by atoms with E-state index in [1.807, 2.05) is 6.92 Å². The van der Waals surface area contributed by atoms with Gasteiger partial charge in [0.05, 0.1) is 18.1 Å². The summed E-state index contributed by atoms with van der Waals surface area (Å²) in [5.74, 6) is 1.75. The molecule has 3 nitrogen and oxygen atoms in total. The van der Waals surface area contributed by atoms with E-state index < -0.39 is 0 Å². The number of fused-ring (bicyclic) bond motifs is 6. The summed E-state index contributed by atoms with van der Waals surface area (Å²) in [6.07, 6.45) is 12.2. The van der Waals surface area contributed by atoms with Gasteiger partial charge in [-0.1, -0.05) is 52.7 Å². The van der Waals surface area contributed by atoms with Gasteiger partial charge in [-0.2, -0.15) is 0 Å². The summed E-state index contributed by atoms with van der Waals surface area (Å²) < 4.78 is 5.76. The predicted molar refractivity (Wildman–Crippen MR) is 137 cm³/mol. The Morgan fingerprint density at radius 2 is 1.65 bits per heavy atom. The molecule has 0 aromatic heterocycles. The molecule has 1 N–H and O–H groups in total. The normalized spacial score (nSPS) is 47.1. The first-order valence-electron chi connectivity index (χ1n) is 14.4. The minimum Gasteiger partial charge on any atom is -0.466 e. The molecule has 3 fully saturated rings. The number of rotatable bonds is 2. The van der Waals surface area contributed by atoms with Crippen LogP contribution in [-0.2, 0) is 9.53 Å². The third-order valence-corrected chi connectivity index (χ3v) is 12.4.